The molecule has 0 radical (unpaired) electrons. The van der Waals surface area contributed by atoms with Gasteiger partial charge in [-0.2, -0.15) is 0 Å². The molecule has 0 aliphatic carbocycles. The number of halogens is 1. The van der Waals surface area contributed by atoms with Gasteiger partial charge in [-0.3, -0.25) is 0 Å². The first kappa shape index (κ1) is 14.5. The van der Waals surface area contributed by atoms with Crippen molar-refractivity contribution in [3.8, 4) is 0 Å². The Morgan fingerprint density at radius 3 is 2.59 bits per heavy atom. The summed E-state index contributed by atoms with van der Waals surface area (Å²) >= 11 is 5.96. The van der Waals surface area contributed by atoms with Crippen LogP contribution in [0.4, 0.5) is 0 Å². The molecule has 1 aromatic rings. The van der Waals surface area contributed by atoms with Crippen LogP contribution in [0.1, 0.15) is 26.3 Å². The molecule has 17 heavy (non-hydrogen) atoms. The molecule has 0 unspecified atom stereocenters. The molecule has 0 aliphatic rings. The molecule has 0 fully saturated rings. The molecule has 0 saturated heterocycles. The summed E-state index contributed by atoms with van der Waals surface area (Å²) in [6, 6.07) is 8.04. The second-order valence-corrected chi connectivity index (χ2v) is 5.98. The molecule has 0 saturated carbocycles. The first-order chi connectivity index (χ1) is 7.87. The Morgan fingerprint density at radius 2 is 2.00 bits per heavy atom. The molecule has 0 aliphatic heterocycles. The highest BCUT2D eigenvalue weighted by Crippen LogP contribution is 2.11. The molecule has 0 amide bonds. The van der Waals surface area contributed by atoms with Crippen LogP contribution in [0.2, 0.25) is 5.02 Å². The Balaban J connectivity index is 2.32. The molecule has 1 aromatic carbocycles. The molecule has 96 valence electrons. The predicted octanol–water partition coefficient (Wildman–Crippen LogP) is 3.16. The third kappa shape index (κ3) is 6.67. The van der Waals surface area contributed by atoms with Crippen LogP contribution in [0.3, 0.4) is 0 Å². The van der Waals surface area contributed by atoms with Crippen LogP contribution in [-0.4, -0.2) is 30.6 Å². The number of nitrogens with one attached hydrogen (secondary N) is 1. The van der Waals surface area contributed by atoms with E-state index in [2.05, 4.69) is 44.1 Å². The smallest absolute Gasteiger partial charge is 0.0409 e. The molecule has 1 rings (SSSR count). The Kier molecular flexibility index (Phi) is 5.44. The van der Waals surface area contributed by atoms with E-state index in [4.69, 9.17) is 11.6 Å². The minimum Gasteiger partial charge on any atom is -0.311 e. The fraction of sp³-hybridized carbons (Fsp3) is 0.571. The van der Waals surface area contributed by atoms with Crippen molar-refractivity contribution in [2.45, 2.75) is 32.9 Å². The fourth-order valence-corrected chi connectivity index (χ4v) is 1.86. The van der Waals surface area contributed by atoms with E-state index in [9.17, 15) is 0 Å². The molecule has 2 nitrogen and oxygen atoms in total. The highest BCUT2D eigenvalue weighted by atomic mass is 35.5. The maximum Gasteiger partial charge on any atom is 0.0409 e. The van der Waals surface area contributed by atoms with Crippen molar-refractivity contribution in [3.63, 3.8) is 0 Å². The van der Waals surface area contributed by atoms with Gasteiger partial charge in [-0.05, 0) is 45.5 Å². The van der Waals surface area contributed by atoms with Crippen LogP contribution >= 0.6 is 11.6 Å². The molecule has 0 heterocycles. The summed E-state index contributed by atoms with van der Waals surface area (Å²) in [4.78, 5) is 2.30. The highest BCUT2D eigenvalue weighted by molar-refractivity contribution is 6.30. The molecule has 0 aromatic heterocycles. The number of likely N-dealkylation sites (N-methyl/N-ethyl adjacent to an activating group) is 1. The van der Waals surface area contributed by atoms with Gasteiger partial charge < -0.3 is 10.2 Å². The topological polar surface area (TPSA) is 15.3 Å². The molecular formula is C14H23ClN2. The number of hydrogen-bond donors (Lipinski definition) is 1. The zero-order valence-corrected chi connectivity index (χ0v) is 12.0. The SMILES string of the molecule is CN(CCNC(C)(C)C)Cc1cccc(Cl)c1. The Hall–Kier alpha value is -0.570. The third-order valence-electron chi connectivity index (χ3n) is 2.49. The maximum absolute atomic E-state index is 5.96. The Morgan fingerprint density at radius 1 is 1.29 bits per heavy atom. The van der Waals surface area contributed by atoms with Crippen molar-refractivity contribution in [2.24, 2.45) is 0 Å². The third-order valence-corrected chi connectivity index (χ3v) is 2.73. The lowest BCUT2D eigenvalue weighted by atomic mass is 10.1. The first-order valence-corrected chi connectivity index (χ1v) is 6.43. The molecule has 0 spiro atoms. The van der Waals surface area contributed by atoms with Crippen LogP contribution < -0.4 is 5.32 Å². The van der Waals surface area contributed by atoms with Crippen molar-refractivity contribution < 1.29 is 0 Å². The van der Waals surface area contributed by atoms with Gasteiger partial charge in [0.15, 0.2) is 0 Å². The van der Waals surface area contributed by atoms with Crippen molar-refractivity contribution >= 4 is 11.6 Å². The lowest BCUT2D eigenvalue weighted by molar-refractivity contribution is 0.303. The summed E-state index contributed by atoms with van der Waals surface area (Å²) in [6.45, 7) is 9.52. The number of nitrogens with zero attached hydrogens (tertiary/aromatic N) is 1. The van der Waals surface area contributed by atoms with Crippen LogP contribution in [-0.2, 0) is 6.54 Å². The van der Waals surface area contributed by atoms with Crippen molar-refractivity contribution in [3.05, 3.63) is 34.9 Å². The Bertz CT molecular complexity index is 344. The lowest BCUT2D eigenvalue weighted by Crippen LogP contribution is -2.40. The maximum atomic E-state index is 5.96. The second kappa shape index (κ2) is 6.39. The zero-order chi connectivity index (χ0) is 12.9. The summed E-state index contributed by atoms with van der Waals surface area (Å²) < 4.78 is 0. The van der Waals surface area contributed by atoms with Gasteiger partial charge in [0.2, 0.25) is 0 Å². The first-order valence-electron chi connectivity index (χ1n) is 6.05. The van der Waals surface area contributed by atoms with E-state index in [0.29, 0.717) is 0 Å². The average molecular weight is 255 g/mol. The normalized spacial score (nSPS) is 12.1. The van der Waals surface area contributed by atoms with E-state index in [0.717, 1.165) is 24.7 Å². The van der Waals surface area contributed by atoms with E-state index in [1.165, 1.54) is 5.56 Å². The van der Waals surface area contributed by atoms with Crippen LogP contribution in [0.5, 0.6) is 0 Å². The van der Waals surface area contributed by atoms with Gasteiger partial charge in [-0.25, -0.2) is 0 Å². The van der Waals surface area contributed by atoms with Crippen LogP contribution in [0, 0.1) is 0 Å². The van der Waals surface area contributed by atoms with Crippen molar-refractivity contribution in [1.82, 2.24) is 10.2 Å². The van der Waals surface area contributed by atoms with E-state index >= 15 is 0 Å². The standard InChI is InChI=1S/C14H23ClN2/c1-14(2,3)16-8-9-17(4)11-12-6-5-7-13(15)10-12/h5-7,10,16H,8-9,11H2,1-4H3. The number of rotatable bonds is 5. The van der Waals surface area contributed by atoms with Gasteiger partial charge in [0.05, 0.1) is 0 Å². The molecule has 0 bridgehead atoms. The van der Waals surface area contributed by atoms with Gasteiger partial charge in [-0.15, -0.1) is 0 Å². The molecule has 3 heteroatoms. The average Bonchev–Trinajstić information content (AvgIpc) is 2.15. The van der Waals surface area contributed by atoms with Gasteiger partial charge in [0, 0.05) is 30.2 Å². The summed E-state index contributed by atoms with van der Waals surface area (Å²) in [5, 5.41) is 4.29. The fourth-order valence-electron chi connectivity index (χ4n) is 1.65. The second-order valence-electron chi connectivity index (χ2n) is 5.54. The van der Waals surface area contributed by atoms with Crippen LogP contribution in [0.25, 0.3) is 0 Å². The van der Waals surface area contributed by atoms with Gasteiger partial charge >= 0.3 is 0 Å². The quantitative estimate of drug-likeness (QED) is 0.869. The summed E-state index contributed by atoms with van der Waals surface area (Å²) in [5.74, 6) is 0. The predicted molar refractivity (Wildman–Crippen MR) is 75.5 cm³/mol. The van der Waals surface area contributed by atoms with Crippen molar-refractivity contribution in [1.29, 1.82) is 0 Å². The van der Waals surface area contributed by atoms with Crippen molar-refractivity contribution in [2.75, 3.05) is 20.1 Å². The minimum atomic E-state index is 0.191. The number of hydrogen-bond acceptors (Lipinski definition) is 2. The highest BCUT2D eigenvalue weighted by Gasteiger charge is 2.08. The van der Waals surface area contributed by atoms with E-state index in [1.807, 2.05) is 18.2 Å². The lowest BCUT2D eigenvalue weighted by Gasteiger charge is -2.23. The largest absolute Gasteiger partial charge is 0.311 e. The van der Waals surface area contributed by atoms with Gasteiger partial charge in [0.25, 0.3) is 0 Å². The molecule has 1 N–H and O–H groups in total. The van der Waals surface area contributed by atoms with Crippen LogP contribution in [0.15, 0.2) is 24.3 Å². The molecule has 0 atom stereocenters. The summed E-state index contributed by atoms with van der Waals surface area (Å²) in [5.41, 5.74) is 1.45. The molecular weight excluding hydrogens is 232 g/mol. The number of benzene rings is 1. The van der Waals surface area contributed by atoms with E-state index in [1.54, 1.807) is 0 Å². The minimum absolute atomic E-state index is 0.191. The summed E-state index contributed by atoms with van der Waals surface area (Å²) in [7, 11) is 2.13. The monoisotopic (exact) mass is 254 g/mol. The summed E-state index contributed by atoms with van der Waals surface area (Å²) in [6.07, 6.45) is 0. The van der Waals surface area contributed by atoms with E-state index in [-0.39, 0.29) is 5.54 Å². The van der Waals surface area contributed by atoms with Gasteiger partial charge in [0.1, 0.15) is 0 Å². The van der Waals surface area contributed by atoms with E-state index < -0.39 is 0 Å². The Labute approximate surface area is 110 Å². The van der Waals surface area contributed by atoms with Gasteiger partial charge in [-0.1, -0.05) is 23.7 Å². The zero-order valence-electron chi connectivity index (χ0n) is 11.3.